The van der Waals surface area contributed by atoms with E-state index in [1.807, 2.05) is 12.1 Å². The summed E-state index contributed by atoms with van der Waals surface area (Å²) in [5, 5.41) is 0.965. The summed E-state index contributed by atoms with van der Waals surface area (Å²) < 4.78 is 0. The molecule has 1 nitrogen and oxygen atoms in total. The molecule has 0 radical (unpaired) electrons. The Kier molecular flexibility index (Phi) is 3.98. The number of benzene rings is 1. The van der Waals surface area contributed by atoms with E-state index in [4.69, 9.17) is 11.6 Å². The van der Waals surface area contributed by atoms with Gasteiger partial charge in [0.05, 0.1) is 0 Å². The van der Waals surface area contributed by atoms with Gasteiger partial charge in [-0.3, -0.25) is 0 Å². The van der Waals surface area contributed by atoms with Crippen molar-refractivity contribution in [3.8, 4) is 0 Å². The first-order valence-electron chi connectivity index (χ1n) is 8.78. The van der Waals surface area contributed by atoms with E-state index in [0.29, 0.717) is 5.92 Å². The van der Waals surface area contributed by atoms with Crippen LogP contribution in [0.3, 0.4) is 0 Å². The number of fused-ring (bicyclic) bond motifs is 2. The van der Waals surface area contributed by atoms with Crippen LogP contribution in [0.15, 0.2) is 24.3 Å². The van der Waals surface area contributed by atoms with E-state index in [1.165, 1.54) is 63.6 Å². The Bertz CT molecular complexity index is 480. The normalized spacial score (nSPS) is 34.2. The van der Waals surface area contributed by atoms with Crippen molar-refractivity contribution in [3.05, 3.63) is 34.9 Å². The number of likely N-dealkylation sites (tertiary alicyclic amines) is 1. The lowest BCUT2D eigenvalue weighted by Crippen LogP contribution is -2.43. The molecule has 1 saturated heterocycles. The van der Waals surface area contributed by atoms with E-state index >= 15 is 0 Å². The number of piperidine rings is 1. The molecule has 4 rings (SSSR count). The third kappa shape index (κ3) is 2.87. The van der Waals surface area contributed by atoms with Crippen molar-refractivity contribution in [2.45, 2.75) is 56.9 Å². The number of rotatable bonds is 2. The number of hydrogen-bond acceptors (Lipinski definition) is 1. The molecule has 1 aromatic carbocycles. The summed E-state index contributed by atoms with van der Waals surface area (Å²) in [6.07, 6.45) is 10.1. The highest BCUT2D eigenvalue weighted by molar-refractivity contribution is 6.31. The Morgan fingerprint density at radius 3 is 2.19 bits per heavy atom. The second-order valence-electron chi connectivity index (χ2n) is 7.50. The molecule has 0 spiro atoms. The van der Waals surface area contributed by atoms with E-state index < -0.39 is 0 Å². The van der Waals surface area contributed by atoms with Gasteiger partial charge in [0.15, 0.2) is 0 Å². The Morgan fingerprint density at radius 1 is 0.857 bits per heavy atom. The quantitative estimate of drug-likeness (QED) is 0.735. The lowest BCUT2D eigenvalue weighted by Gasteiger charge is -2.41. The van der Waals surface area contributed by atoms with Gasteiger partial charge in [-0.25, -0.2) is 0 Å². The molecule has 21 heavy (non-hydrogen) atoms. The highest BCUT2D eigenvalue weighted by Crippen LogP contribution is 2.44. The first-order valence-corrected chi connectivity index (χ1v) is 9.16. The maximum absolute atomic E-state index is 6.38. The summed E-state index contributed by atoms with van der Waals surface area (Å²) in [6, 6.07) is 9.33. The van der Waals surface area contributed by atoms with Gasteiger partial charge in [-0.2, -0.15) is 0 Å². The molecule has 0 N–H and O–H groups in total. The molecule has 0 aromatic heterocycles. The van der Waals surface area contributed by atoms with Crippen LogP contribution < -0.4 is 0 Å². The van der Waals surface area contributed by atoms with Gasteiger partial charge in [0.1, 0.15) is 0 Å². The van der Waals surface area contributed by atoms with E-state index in [0.717, 1.165) is 22.9 Å². The molecule has 3 fully saturated rings. The topological polar surface area (TPSA) is 3.24 Å². The van der Waals surface area contributed by atoms with Crippen LogP contribution in [0.4, 0.5) is 0 Å². The van der Waals surface area contributed by atoms with E-state index in [2.05, 4.69) is 17.0 Å². The molecule has 2 heteroatoms. The highest BCUT2D eigenvalue weighted by atomic mass is 35.5. The predicted molar refractivity (Wildman–Crippen MR) is 88.9 cm³/mol. The largest absolute Gasteiger partial charge is 0.300 e. The third-order valence-corrected chi connectivity index (χ3v) is 6.60. The molecule has 1 aromatic rings. The molecule has 3 aliphatic rings. The monoisotopic (exact) mass is 303 g/mol. The Morgan fingerprint density at radius 2 is 1.52 bits per heavy atom. The van der Waals surface area contributed by atoms with Crippen LogP contribution in [-0.4, -0.2) is 24.0 Å². The van der Waals surface area contributed by atoms with Crippen LogP contribution in [0, 0.1) is 11.8 Å². The Labute approximate surface area is 133 Å². The Balaban J connectivity index is 1.38. The van der Waals surface area contributed by atoms with Gasteiger partial charge in [-0.05, 0) is 74.6 Å². The van der Waals surface area contributed by atoms with Crippen molar-refractivity contribution in [1.29, 1.82) is 0 Å². The van der Waals surface area contributed by atoms with Gasteiger partial charge < -0.3 is 4.90 Å². The van der Waals surface area contributed by atoms with E-state index in [1.54, 1.807) is 0 Å². The van der Waals surface area contributed by atoms with Crippen LogP contribution in [-0.2, 0) is 0 Å². The third-order valence-electron chi connectivity index (χ3n) is 6.25. The minimum atomic E-state index is 0.676. The van der Waals surface area contributed by atoms with Crippen molar-refractivity contribution in [2.75, 3.05) is 13.1 Å². The second kappa shape index (κ2) is 5.93. The lowest BCUT2D eigenvalue weighted by molar-refractivity contribution is 0.0984. The van der Waals surface area contributed by atoms with Crippen molar-refractivity contribution < 1.29 is 0 Å². The van der Waals surface area contributed by atoms with Gasteiger partial charge in [-0.15, -0.1) is 0 Å². The zero-order valence-corrected chi connectivity index (χ0v) is 13.6. The minimum Gasteiger partial charge on any atom is -0.300 e. The summed E-state index contributed by atoms with van der Waals surface area (Å²) >= 11 is 6.38. The molecule has 2 saturated carbocycles. The first-order chi connectivity index (χ1) is 10.3. The summed E-state index contributed by atoms with van der Waals surface area (Å²) in [5.74, 6) is 2.78. The van der Waals surface area contributed by atoms with Gasteiger partial charge >= 0.3 is 0 Å². The van der Waals surface area contributed by atoms with Gasteiger partial charge in [0, 0.05) is 11.1 Å². The lowest BCUT2D eigenvalue weighted by atomic mass is 9.82. The average molecular weight is 304 g/mol. The molecule has 2 aliphatic carbocycles. The number of halogens is 1. The van der Waals surface area contributed by atoms with Crippen molar-refractivity contribution >= 4 is 11.6 Å². The maximum atomic E-state index is 6.38. The van der Waals surface area contributed by atoms with E-state index in [-0.39, 0.29) is 0 Å². The summed E-state index contributed by atoms with van der Waals surface area (Å²) in [5.41, 5.74) is 1.38. The summed E-state index contributed by atoms with van der Waals surface area (Å²) in [4.78, 5) is 2.80. The summed E-state index contributed by atoms with van der Waals surface area (Å²) in [7, 11) is 0. The molecule has 1 aliphatic heterocycles. The molecular formula is C19H26ClN. The molecule has 1 heterocycles. The van der Waals surface area contributed by atoms with Crippen LogP contribution in [0.1, 0.15) is 56.4 Å². The van der Waals surface area contributed by atoms with Gasteiger partial charge in [-0.1, -0.05) is 42.6 Å². The first kappa shape index (κ1) is 14.1. The smallest absolute Gasteiger partial charge is 0.0440 e. The fourth-order valence-corrected chi connectivity index (χ4v) is 5.44. The number of nitrogens with zero attached hydrogens (tertiary/aromatic N) is 1. The molecule has 2 atom stereocenters. The van der Waals surface area contributed by atoms with Crippen molar-refractivity contribution in [2.24, 2.45) is 11.8 Å². The Hall–Kier alpha value is -0.530. The minimum absolute atomic E-state index is 0.676. The molecule has 114 valence electrons. The van der Waals surface area contributed by atoms with Crippen molar-refractivity contribution in [3.63, 3.8) is 0 Å². The van der Waals surface area contributed by atoms with Gasteiger partial charge in [0.2, 0.25) is 0 Å². The van der Waals surface area contributed by atoms with E-state index in [9.17, 15) is 0 Å². The molecular weight excluding hydrogens is 278 g/mol. The molecule has 2 bridgehead atoms. The molecule has 2 unspecified atom stereocenters. The SMILES string of the molecule is Clc1ccccc1C1CCN(C2CC3CCC(C3)C2)CC1. The standard InChI is InChI=1S/C19H26ClN/c20-19-4-2-1-3-18(19)16-7-9-21(10-8-16)17-12-14-5-6-15(11-14)13-17/h1-4,14-17H,5-13H2. The number of hydrogen-bond donors (Lipinski definition) is 0. The predicted octanol–water partition coefficient (Wildman–Crippen LogP) is 5.10. The van der Waals surface area contributed by atoms with Crippen molar-refractivity contribution in [1.82, 2.24) is 4.90 Å². The fraction of sp³-hybridized carbons (Fsp3) is 0.684. The zero-order valence-electron chi connectivity index (χ0n) is 12.8. The molecule has 0 amide bonds. The van der Waals surface area contributed by atoms with Crippen LogP contribution in [0.5, 0.6) is 0 Å². The van der Waals surface area contributed by atoms with Gasteiger partial charge in [0.25, 0.3) is 0 Å². The second-order valence-corrected chi connectivity index (χ2v) is 7.91. The zero-order chi connectivity index (χ0) is 14.2. The van der Waals surface area contributed by atoms with Crippen LogP contribution in [0.2, 0.25) is 5.02 Å². The fourth-order valence-electron chi connectivity index (χ4n) is 5.15. The highest BCUT2D eigenvalue weighted by Gasteiger charge is 2.37. The van der Waals surface area contributed by atoms with Crippen LogP contribution in [0.25, 0.3) is 0 Å². The maximum Gasteiger partial charge on any atom is 0.0440 e. The van der Waals surface area contributed by atoms with Crippen LogP contribution >= 0.6 is 11.6 Å². The average Bonchev–Trinajstić information content (AvgIpc) is 2.86. The summed E-state index contributed by atoms with van der Waals surface area (Å²) in [6.45, 7) is 2.56.